The lowest BCUT2D eigenvalue weighted by molar-refractivity contribution is -0.386. The predicted molar refractivity (Wildman–Crippen MR) is 82.1 cm³/mol. The van der Waals surface area contributed by atoms with Crippen LogP contribution in [0.3, 0.4) is 0 Å². The second-order valence-corrected chi connectivity index (χ2v) is 5.36. The molecule has 0 unspecified atom stereocenters. The molecule has 0 saturated carbocycles. The van der Waals surface area contributed by atoms with E-state index in [1.54, 1.807) is 6.92 Å². The zero-order chi connectivity index (χ0) is 15.3. The van der Waals surface area contributed by atoms with Crippen molar-refractivity contribution in [1.82, 2.24) is 9.88 Å². The summed E-state index contributed by atoms with van der Waals surface area (Å²) >= 11 is 3.12. The van der Waals surface area contributed by atoms with Gasteiger partial charge in [-0.2, -0.15) is 0 Å². The normalized spacial score (nSPS) is 10.6. The van der Waals surface area contributed by atoms with Gasteiger partial charge in [-0.25, -0.2) is 0 Å². The summed E-state index contributed by atoms with van der Waals surface area (Å²) in [5.41, 5.74) is 0.770. The second-order valence-electron chi connectivity index (χ2n) is 4.57. The molecule has 0 bridgehead atoms. The Morgan fingerprint density at radius 2 is 2.25 bits per heavy atom. The minimum absolute atomic E-state index is 0.0780. The molecule has 0 aliphatic heterocycles. The Hall–Kier alpha value is -1.47. The van der Waals surface area contributed by atoms with Gasteiger partial charge in [-0.3, -0.25) is 14.9 Å². The van der Waals surface area contributed by atoms with Crippen LogP contribution in [-0.2, 0) is 6.54 Å². The molecule has 20 heavy (non-hydrogen) atoms. The van der Waals surface area contributed by atoms with E-state index in [0.717, 1.165) is 18.5 Å². The van der Waals surface area contributed by atoms with Crippen LogP contribution in [0.2, 0.25) is 0 Å². The first-order chi connectivity index (χ1) is 9.38. The maximum Gasteiger partial charge on any atom is 0.289 e. The van der Waals surface area contributed by atoms with E-state index in [-0.39, 0.29) is 22.3 Å². The summed E-state index contributed by atoms with van der Waals surface area (Å²) in [6.45, 7) is 9.19. The van der Waals surface area contributed by atoms with Crippen molar-refractivity contribution >= 4 is 21.6 Å². The molecule has 0 aliphatic rings. The zero-order valence-corrected chi connectivity index (χ0v) is 13.2. The van der Waals surface area contributed by atoms with Gasteiger partial charge in [-0.1, -0.05) is 13.5 Å². The Balaban J connectivity index is 2.98. The van der Waals surface area contributed by atoms with Crippen LogP contribution < -0.4 is 10.9 Å². The minimum Gasteiger partial charge on any atom is -0.313 e. The van der Waals surface area contributed by atoms with E-state index in [1.807, 2.05) is 0 Å². The maximum absolute atomic E-state index is 12.1. The van der Waals surface area contributed by atoms with Crippen molar-refractivity contribution in [2.45, 2.75) is 26.8 Å². The number of hydrogen-bond acceptors (Lipinski definition) is 4. The highest BCUT2D eigenvalue weighted by molar-refractivity contribution is 9.10. The molecule has 0 atom stereocenters. The molecule has 0 radical (unpaired) electrons. The summed E-state index contributed by atoms with van der Waals surface area (Å²) in [4.78, 5) is 22.5. The van der Waals surface area contributed by atoms with Crippen LogP contribution in [0, 0.1) is 17.0 Å². The minimum atomic E-state index is -0.492. The Morgan fingerprint density at radius 3 is 2.80 bits per heavy atom. The van der Waals surface area contributed by atoms with Gasteiger partial charge >= 0.3 is 0 Å². The number of rotatable bonds is 7. The average molecular weight is 344 g/mol. The van der Waals surface area contributed by atoms with Crippen LogP contribution >= 0.6 is 15.9 Å². The van der Waals surface area contributed by atoms with Gasteiger partial charge in [0.2, 0.25) is 0 Å². The first-order valence-electron chi connectivity index (χ1n) is 6.29. The third-order valence-electron chi connectivity index (χ3n) is 2.83. The van der Waals surface area contributed by atoms with Gasteiger partial charge in [-0.05, 0) is 41.4 Å². The van der Waals surface area contributed by atoms with Crippen molar-refractivity contribution in [2.24, 2.45) is 0 Å². The summed E-state index contributed by atoms with van der Waals surface area (Å²) in [7, 11) is 0. The van der Waals surface area contributed by atoms with E-state index in [2.05, 4.69) is 34.7 Å². The SMILES string of the molecule is C=C(CNCCC)Cn1cc([N+](=O)[O-])c(C)c(Br)c1=O. The Bertz CT molecular complexity index is 581. The van der Waals surface area contributed by atoms with E-state index in [4.69, 9.17) is 0 Å². The highest BCUT2D eigenvalue weighted by Crippen LogP contribution is 2.22. The standard InChI is InChI=1S/C13H18BrN3O3/c1-4-5-15-6-9(2)7-16-8-11(17(19)20)10(3)12(14)13(16)18/h8,15H,2,4-7H2,1,3H3. The molecule has 1 aromatic rings. The second kappa shape index (κ2) is 7.35. The van der Waals surface area contributed by atoms with Crippen LogP contribution in [0.15, 0.2) is 27.6 Å². The van der Waals surface area contributed by atoms with Crippen molar-refractivity contribution < 1.29 is 4.92 Å². The fraction of sp³-hybridized carbons (Fsp3) is 0.462. The Labute approximate surface area is 125 Å². The molecule has 1 heterocycles. The van der Waals surface area contributed by atoms with Gasteiger partial charge in [0.25, 0.3) is 11.2 Å². The van der Waals surface area contributed by atoms with Gasteiger partial charge in [0.05, 0.1) is 15.6 Å². The highest BCUT2D eigenvalue weighted by Gasteiger charge is 2.18. The molecule has 7 heteroatoms. The number of hydrogen-bond donors (Lipinski definition) is 1. The number of halogens is 1. The number of nitrogens with zero attached hydrogens (tertiary/aromatic N) is 2. The first kappa shape index (κ1) is 16.6. The fourth-order valence-corrected chi connectivity index (χ4v) is 2.17. The number of aromatic nitrogens is 1. The predicted octanol–water partition coefficient (Wildman–Crippen LogP) is 2.38. The van der Waals surface area contributed by atoms with Crippen molar-refractivity contribution in [1.29, 1.82) is 0 Å². The molecule has 0 fully saturated rings. The third-order valence-corrected chi connectivity index (χ3v) is 3.77. The van der Waals surface area contributed by atoms with Gasteiger partial charge in [0, 0.05) is 18.7 Å². The van der Waals surface area contributed by atoms with Crippen LogP contribution in [0.1, 0.15) is 18.9 Å². The monoisotopic (exact) mass is 343 g/mol. The smallest absolute Gasteiger partial charge is 0.289 e. The van der Waals surface area contributed by atoms with Crippen LogP contribution in [0.25, 0.3) is 0 Å². The van der Waals surface area contributed by atoms with Gasteiger partial charge in [0.15, 0.2) is 0 Å². The molecule has 0 amide bonds. The molecule has 6 nitrogen and oxygen atoms in total. The molecular formula is C13H18BrN3O3. The third kappa shape index (κ3) is 4.01. The first-order valence-corrected chi connectivity index (χ1v) is 7.09. The van der Waals surface area contributed by atoms with Gasteiger partial charge in [-0.15, -0.1) is 0 Å². The molecule has 1 N–H and O–H groups in total. The van der Waals surface area contributed by atoms with Crippen LogP contribution in [0.4, 0.5) is 5.69 Å². The molecule has 0 aromatic carbocycles. The topological polar surface area (TPSA) is 77.2 Å². The lowest BCUT2D eigenvalue weighted by Crippen LogP contribution is -2.26. The van der Waals surface area contributed by atoms with E-state index in [1.165, 1.54) is 10.8 Å². The average Bonchev–Trinajstić information content (AvgIpc) is 2.39. The number of pyridine rings is 1. The zero-order valence-electron chi connectivity index (χ0n) is 11.6. The molecule has 0 aliphatic carbocycles. The lowest BCUT2D eigenvalue weighted by Gasteiger charge is -2.11. The highest BCUT2D eigenvalue weighted by atomic mass is 79.9. The lowest BCUT2D eigenvalue weighted by atomic mass is 10.2. The van der Waals surface area contributed by atoms with E-state index >= 15 is 0 Å². The summed E-state index contributed by atoms with van der Waals surface area (Å²) < 4.78 is 1.53. The van der Waals surface area contributed by atoms with E-state index in [0.29, 0.717) is 12.1 Å². The Kier molecular flexibility index (Phi) is 6.09. The molecule has 110 valence electrons. The fourth-order valence-electron chi connectivity index (χ4n) is 1.74. The van der Waals surface area contributed by atoms with Gasteiger partial charge in [0.1, 0.15) is 0 Å². The molecule has 1 rings (SSSR count). The van der Waals surface area contributed by atoms with Crippen molar-refractivity contribution in [3.63, 3.8) is 0 Å². The quantitative estimate of drug-likeness (QED) is 0.357. The largest absolute Gasteiger partial charge is 0.313 e. The van der Waals surface area contributed by atoms with E-state index < -0.39 is 4.92 Å². The maximum atomic E-state index is 12.1. The molecule has 0 saturated heterocycles. The summed E-state index contributed by atoms with van der Waals surface area (Å²) in [6, 6.07) is 0. The van der Waals surface area contributed by atoms with Crippen LogP contribution in [-0.4, -0.2) is 22.6 Å². The summed E-state index contributed by atoms with van der Waals surface area (Å²) in [5, 5.41) is 14.1. The number of nitrogens with one attached hydrogen (secondary N) is 1. The molecule has 0 spiro atoms. The molecule has 1 aromatic heterocycles. The van der Waals surface area contributed by atoms with Crippen molar-refractivity contribution in [3.8, 4) is 0 Å². The van der Waals surface area contributed by atoms with Crippen LogP contribution in [0.5, 0.6) is 0 Å². The van der Waals surface area contributed by atoms with Gasteiger partial charge < -0.3 is 9.88 Å². The van der Waals surface area contributed by atoms with Crippen molar-refractivity contribution in [2.75, 3.05) is 13.1 Å². The summed E-state index contributed by atoms with van der Waals surface area (Å²) in [6.07, 6.45) is 2.28. The summed E-state index contributed by atoms with van der Waals surface area (Å²) in [5.74, 6) is 0. The number of nitro groups is 1. The Morgan fingerprint density at radius 1 is 1.60 bits per heavy atom. The van der Waals surface area contributed by atoms with Crippen molar-refractivity contribution in [3.05, 3.63) is 48.9 Å². The molecular weight excluding hydrogens is 326 g/mol. The van der Waals surface area contributed by atoms with E-state index in [9.17, 15) is 14.9 Å².